The standard InChI is InChI=1S/C16H21N7O/c1-3-23-8-9-24-13(14(23)16-20-6-7-22(16)2)11-21-15-12(10-17)18-4-5-19-15/h4-7,13-14H,3,8-9,11H2,1-2H3,(H,19,21)/t13-,14+/m0/s1. The smallest absolute Gasteiger partial charge is 0.182 e. The van der Waals surface area contributed by atoms with Crippen LogP contribution in [-0.4, -0.2) is 56.8 Å². The Kier molecular flexibility index (Phi) is 5.03. The summed E-state index contributed by atoms with van der Waals surface area (Å²) in [7, 11) is 1.99. The molecule has 0 aromatic carbocycles. The maximum absolute atomic E-state index is 9.13. The van der Waals surface area contributed by atoms with Crippen LogP contribution >= 0.6 is 0 Å². The number of anilines is 1. The molecule has 1 fully saturated rings. The number of hydrogen-bond donors (Lipinski definition) is 1. The van der Waals surface area contributed by atoms with E-state index in [4.69, 9.17) is 10.00 Å². The van der Waals surface area contributed by atoms with E-state index in [1.807, 2.05) is 23.9 Å². The summed E-state index contributed by atoms with van der Waals surface area (Å²) in [5, 5.41) is 12.3. The molecule has 0 amide bonds. The Morgan fingerprint density at radius 1 is 1.33 bits per heavy atom. The van der Waals surface area contributed by atoms with Gasteiger partial charge in [0.25, 0.3) is 0 Å². The fourth-order valence-electron chi connectivity index (χ4n) is 3.05. The normalized spacial score (nSPS) is 21.4. The Labute approximate surface area is 141 Å². The minimum absolute atomic E-state index is 0.0541. The van der Waals surface area contributed by atoms with Crippen LogP contribution in [0.3, 0.4) is 0 Å². The lowest BCUT2D eigenvalue weighted by Crippen LogP contribution is -2.48. The average molecular weight is 327 g/mol. The number of nitrogens with zero attached hydrogens (tertiary/aromatic N) is 6. The van der Waals surface area contributed by atoms with Gasteiger partial charge in [0, 0.05) is 44.9 Å². The first-order valence-electron chi connectivity index (χ1n) is 8.02. The molecule has 1 N–H and O–H groups in total. The Morgan fingerprint density at radius 2 is 2.17 bits per heavy atom. The van der Waals surface area contributed by atoms with Crippen LogP contribution in [-0.2, 0) is 11.8 Å². The van der Waals surface area contributed by atoms with E-state index in [2.05, 4.69) is 32.1 Å². The van der Waals surface area contributed by atoms with Crippen molar-refractivity contribution in [3.8, 4) is 6.07 Å². The van der Waals surface area contributed by atoms with Crippen LogP contribution in [0.15, 0.2) is 24.8 Å². The predicted molar refractivity (Wildman–Crippen MR) is 88.2 cm³/mol. The highest BCUT2D eigenvalue weighted by Crippen LogP contribution is 2.28. The van der Waals surface area contributed by atoms with E-state index < -0.39 is 0 Å². The Morgan fingerprint density at radius 3 is 2.88 bits per heavy atom. The zero-order chi connectivity index (χ0) is 16.9. The van der Waals surface area contributed by atoms with Crippen LogP contribution in [0, 0.1) is 11.3 Å². The number of likely N-dealkylation sites (N-methyl/N-ethyl adjacent to an activating group) is 1. The number of aromatic nitrogens is 4. The number of nitrogens with one attached hydrogen (secondary N) is 1. The summed E-state index contributed by atoms with van der Waals surface area (Å²) < 4.78 is 8.03. The van der Waals surface area contributed by atoms with Gasteiger partial charge >= 0.3 is 0 Å². The molecule has 2 aromatic rings. The SMILES string of the molecule is CCN1CCO[C@@H](CNc2nccnc2C#N)[C@@H]1c1nccn1C. The number of hydrogen-bond acceptors (Lipinski definition) is 7. The molecule has 3 heterocycles. The van der Waals surface area contributed by atoms with Gasteiger partial charge in [-0.05, 0) is 6.54 Å². The third-order valence-electron chi connectivity index (χ3n) is 4.26. The second-order valence-corrected chi connectivity index (χ2v) is 5.63. The summed E-state index contributed by atoms with van der Waals surface area (Å²) in [6.45, 7) is 5.14. The molecule has 126 valence electrons. The van der Waals surface area contributed by atoms with Crippen molar-refractivity contribution in [2.75, 3.05) is 31.6 Å². The van der Waals surface area contributed by atoms with E-state index in [0.717, 1.165) is 18.9 Å². The molecular weight excluding hydrogens is 306 g/mol. The summed E-state index contributed by atoms with van der Waals surface area (Å²) in [5.74, 6) is 1.46. The van der Waals surface area contributed by atoms with Gasteiger partial charge in [-0.2, -0.15) is 5.26 Å². The van der Waals surface area contributed by atoms with Crippen LogP contribution in [0.1, 0.15) is 24.5 Å². The lowest BCUT2D eigenvalue weighted by atomic mass is 10.1. The van der Waals surface area contributed by atoms with Crippen molar-refractivity contribution in [1.29, 1.82) is 5.26 Å². The van der Waals surface area contributed by atoms with Gasteiger partial charge in [0.2, 0.25) is 0 Å². The molecule has 0 radical (unpaired) electrons. The van der Waals surface area contributed by atoms with E-state index in [-0.39, 0.29) is 17.8 Å². The molecule has 0 bridgehead atoms. The summed E-state index contributed by atoms with van der Waals surface area (Å²) >= 11 is 0. The third-order valence-corrected chi connectivity index (χ3v) is 4.26. The summed E-state index contributed by atoms with van der Waals surface area (Å²) in [5.41, 5.74) is 0.286. The highest BCUT2D eigenvalue weighted by Gasteiger charge is 2.35. The highest BCUT2D eigenvalue weighted by atomic mass is 16.5. The van der Waals surface area contributed by atoms with Gasteiger partial charge in [0.05, 0.1) is 18.8 Å². The molecule has 0 unspecified atom stereocenters. The zero-order valence-electron chi connectivity index (χ0n) is 13.9. The Balaban J connectivity index is 1.80. The second kappa shape index (κ2) is 7.38. The number of aryl methyl sites for hydroxylation is 1. The molecule has 1 saturated heterocycles. The molecule has 1 aliphatic heterocycles. The number of morpholine rings is 1. The lowest BCUT2D eigenvalue weighted by molar-refractivity contribution is -0.0675. The van der Waals surface area contributed by atoms with Crippen LogP contribution in [0.25, 0.3) is 0 Å². The number of rotatable bonds is 5. The van der Waals surface area contributed by atoms with Crippen molar-refractivity contribution in [2.45, 2.75) is 19.1 Å². The third kappa shape index (κ3) is 3.22. The van der Waals surface area contributed by atoms with E-state index in [9.17, 15) is 0 Å². The Hall–Kier alpha value is -2.50. The molecule has 0 saturated carbocycles. The maximum atomic E-state index is 9.13. The molecule has 24 heavy (non-hydrogen) atoms. The lowest BCUT2D eigenvalue weighted by Gasteiger charge is -2.40. The molecule has 0 spiro atoms. The molecule has 0 aliphatic carbocycles. The van der Waals surface area contributed by atoms with Crippen LogP contribution in [0.4, 0.5) is 5.82 Å². The molecule has 3 rings (SSSR count). The average Bonchev–Trinajstić information content (AvgIpc) is 3.05. The van der Waals surface area contributed by atoms with Crippen molar-refractivity contribution >= 4 is 5.82 Å². The van der Waals surface area contributed by atoms with Crippen molar-refractivity contribution in [1.82, 2.24) is 24.4 Å². The number of nitriles is 1. The largest absolute Gasteiger partial charge is 0.373 e. The van der Waals surface area contributed by atoms with Crippen LogP contribution in [0.5, 0.6) is 0 Å². The highest BCUT2D eigenvalue weighted by molar-refractivity contribution is 5.46. The van der Waals surface area contributed by atoms with Crippen molar-refractivity contribution in [3.05, 3.63) is 36.3 Å². The summed E-state index contributed by atoms with van der Waals surface area (Å²) in [6.07, 6.45) is 6.74. The van der Waals surface area contributed by atoms with Gasteiger partial charge in [-0.15, -0.1) is 0 Å². The first kappa shape index (κ1) is 16.4. The van der Waals surface area contributed by atoms with Crippen molar-refractivity contribution in [2.24, 2.45) is 7.05 Å². The van der Waals surface area contributed by atoms with E-state index in [1.165, 1.54) is 6.20 Å². The van der Waals surface area contributed by atoms with Gasteiger partial charge < -0.3 is 14.6 Å². The van der Waals surface area contributed by atoms with Gasteiger partial charge in [-0.3, -0.25) is 4.90 Å². The number of ether oxygens (including phenoxy) is 1. The van der Waals surface area contributed by atoms with Gasteiger partial charge in [0.15, 0.2) is 11.5 Å². The van der Waals surface area contributed by atoms with E-state index >= 15 is 0 Å². The molecule has 1 aliphatic rings. The van der Waals surface area contributed by atoms with Crippen LogP contribution < -0.4 is 5.32 Å². The summed E-state index contributed by atoms with van der Waals surface area (Å²) in [4.78, 5) is 15.1. The summed E-state index contributed by atoms with van der Waals surface area (Å²) in [6, 6.07) is 2.10. The number of imidazole rings is 1. The maximum Gasteiger partial charge on any atom is 0.182 e. The minimum Gasteiger partial charge on any atom is -0.373 e. The first-order chi connectivity index (χ1) is 11.7. The first-order valence-corrected chi connectivity index (χ1v) is 8.02. The van der Waals surface area contributed by atoms with Gasteiger partial charge in [-0.25, -0.2) is 15.0 Å². The Bertz CT molecular complexity index is 723. The monoisotopic (exact) mass is 327 g/mol. The predicted octanol–water partition coefficient (Wildman–Crippen LogP) is 0.956. The molecular formula is C16H21N7O. The van der Waals surface area contributed by atoms with Crippen LogP contribution in [0.2, 0.25) is 0 Å². The fourth-order valence-corrected chi connectivity index (χ4v) is 3.05. The fraction of sp³-hybridized carbons (Fsp3) is 0.500. The van der Waals surface area contributed by atoms with Gasteiger partial charge in [-0.1, -0.05) is 6.92 Å². The minimum atomic E-state index is -0.0895. The van der Waals surface area contributed by atoms with Gasteiger partial charge in [0.1, 0.15) is 11.9 Å². The molecule has 2 atom stereocenters. The van der Waals surface area contributed by atoms with Crippen molar-refractivity contribution in [3.63, 3.8) is 0 Å². The molecule has 8 heteroatoms. The van der Waals surface area contributed by atoms with Crippen molar-refractivity contribution < 1.29 is 4.74 Å². The topological polar surface area (TPSA) is 91.9 Å². The van der Waals surface area contributed by atoms with E-state index in [1.54, 1.807) is 12.4 Å². The second-order valence-electron chi connectivity index (χ2n) is 5.63. The van der Waals surface area contributed by atoms with E-state index in [0.29, 0.717) is 19.0 Å². The molecule has 2 aromatic heterocycles. The quantitative estimate of drug-likeness (QED) is 0.874. The zero-order valence-corrected chi connectivity index (χ0v) is 13.9. The molecule has 8 nitrogen and oxygen atoms in total.